The summed E-state index contributed by atoms with van der Waals surface area (Å²) in [5.41, 5.74) is 6.06. The molecule has 100 valence electrons. The molecule has 2 atom stereocenters. The van der Waals surface area contributed by atoms with Gasteiger partial charge in [-0.25, -0.2) is 4.98 Å². The Bertz CT molecular complexity index is 424. The Kier molecular flexibility index (Phi) is 4.96. The lowest BCUT2D eigenvalue weighted by Gasteiger charge is -2.37. The molecule has 0 saturated carbocycles. The molecule has 2 unspecified atom stereocenters. The van der Waals surface area contributed by atoms with Crippen LogP contribution in [0.3, 0.4) is 0 Å². The summed E-state index contributed by atoms with van der Waals surface area (Å²) < 4.78 is 0. The number of nitrogens with two attached hydrogens (primary N) is 1. The third kappa shape index (κ3) is 2.93. The third-order valence-corrected chi connectivity index (χ3v) is 3.62. The first-order chi connectivity index (χ1) is 8.09. The first-order valence-corrected chi connectivity index (χ1v) is 6.13. The smallest absolute Gasteiger partial charge is 0.272 e. The Labute approximate surface area is 114 Å². The normalized spacial score (nSPS) is 23.3. The van der Waals surface area contributed by atoms with Gasteiger partial charge in [-0.1, -0.05) is 13.0 Å². The van der Waals surface area contributed by atoms with Gasteiger partial charge in [-0.3, -0.25) is 4.79 Å². The number of piperidine rings is 1. The van der Waals surface area contributed by atoms with E-state index < -0.39 is 0 Å². The lowest BCUT2D eigenvalue weighted by atomic mass is 9.92. The molecule has 1 aromatic heterocycles. The molecule has 18 heavy (non-hydrogen) atoms. The molecule has 1 fully saturated rings. The fraction of sp³-hybridized carbons (Fsp3) is 0.538. The van der Waals surface area contributed by atoms with Gasteiger partial charge in [0.15, 0.2) is 0 Å². The van der Waals surface area contributed by atoms with Gasteiger partial charge in [-0.05, 0) is 37.8 Å². The van der Waals surface area contributed by atoms with Crippen molar-refractivity contribution in [3.63, 3.8) is 0 Å². The summed E-state index contributed by atoms with van der Waals surface area (Å²) in [5.74, 6) is 0.943. The highest BCUT2D eigenvalue weighted by Gasteiger charge is 2.29. The van der Waals surface area contributed by atoms with Gasteiger partial charge in [0.1, 0.15) is 11.5 Å². The van der Waals surface area contributed by atoms with Gasteiger partial charge in [-0.2, -0.15) is 0 Å². The van der Waals surface area contributed by atoms with Crippen LogP contribution in [-0.4, -0.2) is 28.4 Å². The van der Waals surface area contributed by atoms with Crippen molar-refractivity contribution in [1.82, 2.24) is 9.88 Å². The van der Waals surface area contributed by atoms with E-state index in [1.165, 1.54) is 6.42 Å². The Hall–Kier alpha value is -1.29. The Morgan fingerprint density at radius 3 is 2.83 bits per heavy atom. The summed E-state index contributed by atoms with van der Waals surface area (Å²) in [7, 11) is 0. The first kappa shape index (κ1) is 14.8. The maximum absolute atomic E-state index is 12.3. The van der Waals surface area contributed by atoms with Crippen molar-refractivity contribution in [2.75, 3.05) is 12.3 Å². The highest BCUT2D eigenvalue weighted by atomic mass is 35.5. The molecule has 1 aliphatic rings. The summed E-state index contributed by atoms with van der Waals surface area (Å²) in [4.78, 5) is 18.3. The van der Waals surface area contributed by atoms with E-state index in [1.54, 1.807) is 18.2 Å². The lowest BCUT2D eigenvalue weighted by Crippen LogP contribution is -2.46. The zero-order valence-electron chi connectivity index (χ0n) is 10.8. The number of pyridine rings is 1. The molecule has 0 aliphatic carbocycles. The Balaban J connectivity index is 0.00000162. The second-order valence-corrected chi connectivity index (χ2v) is 4.81. The van der Waals surface area contributed by atoms with Crippen LogP contribution in [-0.2, 0) is 0 Å². The average Bonchev–Trinajstić information content (AvgIpc) is 2.32. The number of carbonyl (C=O) groups is 1. The van der Waals surface area contributed by atoms with Gasteiger partial charge in [-0.15, -0.1) is 12.4 Å². The molecular formula is C13H20ClN3O. The molecule has 2 heterocycles. The maximum Gasteiger partial charge on any atom is 0.272 e. The number of hydrogen-bond donors (Lipinski definition) is 1. The SMILES string of the molecule is CC1CCCN(C(=O)c2cccc(N)n2)C1C.Cl. The van der Waals surface area contributed by atoms with Crippen LogP contribution in [0.5, 0.6) is 0 Å². The highest BCUT2D eigenvalue weighted by Crippen LogP contribution is 2.24. The minimum atomic E-state index is -0.00338. The van der Waals surface area contributed by atoms with Crippen LogP contribution in [0.2, 0.25) is 0 Å². The first-order valence-electron chi connectivity index (χ1n) is 6.13. The molecule has 2 N–H and O–H groups in total. The molecular weight excluding hydrogens is 250 g/mol. The van der Waals surface area contributed by atoms with Crippen molar-refractivity contribution in [1.29, 1.82) is 0 Å². The number of aromatic nitrogens is 1. The van der Waals surface area contributed by atoms with E-state index in [2.05, 4.69) is 18.8 Å². The number of anilines is 1. The van der Waals surface area contributed by atoms with E-state index in [4.69, 9.17) is 5.73 Å². The Morgan fingerprint density at radius 2 is 2.17 bits per heavy atom. The van der Waals surface area contributed by atoms with Crippen LogP contribution in [0.15, 0.2) is 18.2 Å². The summed E-state index contributed by atoms with van der Waals surface area (Å²) in [5, 5.41) is 0. The average molecular weight is 270 g/mol. The number of likely N-dealkylation sites (tertiary alicyclic amines) is 1. The number of carbonyl (C=O) groups excluding carboxylic acids is 1. The number of nitrogens with zero attached hydrogens (tertiary/aromatic N) is 2. The quantitative estimate of drug-likeness (QED) is 0.851. The third-order valence-electron chi connectivity index (χ3n) is 3.62. The maximum atomic E-state index is 12.3. The highest BCUT2D eigenvalue weighted by molar-refractivity contribution is 5.92. The molecule has 2 rings (SSSR count). The molecule has 1 saturated heterocycles. The topological polar surface area (TPSA) is 59.2 Å². The van der Waals surface area contributed by atoms with Crippen molar-refractivity contribution in [3.8, 4) is 0 Å². The number of rotatable bonds is 1. The summed E-state index contributed by atoms with van der Waals surface area (Å²) in [6.45, 7) is 5.12. The minimum Gasteiger partial charge on any atom is -0.384 e. The van der Waals surface area contributed by atoms with Crippen molar-refractivity contribution in [3.05, 3.63) is 23.9 Å². The number of nitrogen functional groups attached to an aromatic ring is 1. The largest absolute Gasteiger partial charge is 0.384 e. The van der Waals surface area contributed by atoms with Crippen molar-refractivity contribution in [2.45, 2.75) is 32.7 Å². The van der Waals surface area contributed by atoms with E-state index in [1.807, 2.05) is 4.90 Å². The van der Waals surface area contributed by atoms with Gasteiger partial charge in [0, 0.05) is 12.6 Å². The van der Waals surface area contributed by atoms with E-state index >= 15 is 0 Å². The van der Waals surface area contributed by atoms with Crippen LogP contribution in [0.4, 0.5) is 5.82 Å². The standard InChI is InChI=1S/C13H19N3O.ClH/c1-9-5-4-8-16(10(9)2)13(17)11-6-3-7-12(14)15-11;/h3,6-7,9-10H,4-5,8H2,1-2H3,(H2,14,15);1H. The lowest BCUT2D eigenvalue weighted by molar-refractivity contribution is 0.0545. The minimum absolute atomic E-state index is 0. The van der Waals surface area contributed by atoms with E-state index in [0.29, 0.717) is 17.4 Å². The molecule has 4 nitrogen and oxygen atoms in total. The predicted octanol–water partition coefficient (Wildman–Crippen LogP) is 2.35. The van der Waals surface area contributed by atoms with Crippen LogP contribution in [0, 0.1) is 5.92 Å². The van der Waals surface area contributed by atoms with E-state index in [9.17, 15) is 4.79 Å². The van der Waals surface area contributed by atoms with Gasteiger partial charge >= 0.3 is 0 Å². The predicted molar refractivity (Wildman–Crippen MR) is 74.8 cm³/mol. The Morgan fingerprint density at radius 1 is 1.44 bits per heavy atom. The molecule has 1 aromatic rings. The summed E-state index contributed by atoms with van der Waals surface area (Å²) in [6, 6.07) is 5.47. The molecule has 5 heteroatoms. The fourth-order valence-corrected chi connectivity index (χ4v) is 2.34. The van der Waals surface area contributed by atoms with E-state index in [0.717, 1.165) is 13.0 Å². The number of amides is 1. The van der Waals surface area contributed by atoms with Crippen molar-refractivity contribution >= 4 is 24.1 Å². The van der Waals surface area contributed by atoms with Gasteiger partial charge in [0.05, 0.1) is 0 Å². The zero-order chi connectivity index (χ0) is 12.4. The van der Waals surface area contributed by atoms with Crippen molar-refractivity contribution < 1.29 is 4.79 Å². The van der Waals surface area contributed by atoms with Gasteiger partial charge < -0.3 is 10.6 Å². The van der Waals surface area contributed by atoms with E-state index in [-0.39, 0.29) is 24.4 Å². The molecule has 0 aromatic carbocycles. The summed E-state index contributed by atoms with van der Waals surface area (Å²) >= 11 is 0. The molecule has 0 spiro atoms. The molecule has 0 radical (unpaired) electrons. The second kappa shape index (κ2) is 6.05. The molecule has 1 aliphatic heterocycles. The van der Waals surface area contributed by atoms with Crippen LogP contribution in [0.25, 0.3) is 0 Å². The molecule has 1 amide bonds. The van der Waals surface area contributed by atoms with Crippen LogP contribution >= 0.6 is 12.4 Å². The molecule has 0 bridgehead atoms. The zero-order valence-corrected chi connectivity index (χ0v) is 11.6. The van der Waals surface area contributed by atoms with Crippen LogP contribution < -0.4 is 5.73 Å². The van der Waals surface area contributed by atoms with Gasteiger partial charge in [0.25, 0.3) is 5.91 Å². The van der Waals surface area contributed by atoms with Crippen LogP contribution in [0.1, 0.15) is 37.2 Å². The number of halogens is 1. The summed E-state index contributed by atoms with van der Waals surface area (Å²) in [6.07, 6.45) is 2.26. The monoisotopic (exact) mass is 269 g/mol. The number of hydrogen-bond acceptors (Lipinski definition) is 3. The van der Waals surface area contributed by atoms with Crippen molar-refractivity contribution in [2.24, 2.45) is 5.92 Å². The fourth-order valence-electron chi connectivity index (χ4n) is 2.34. The van der Waals surface area contributed by atoms with Gasteiger partial charge in [0.2, 0.25) is 0 Å². The second-order valence-electron chi connectivity index (χ2n) is 4.81.